The van der Waals surface area contributed by atoms with E-state index in [2.05, 4.69) is 36.3 Å². The second kappa shape index (κ2) is 11.5. The van der Waals surface area contributed by atoms with Crippen molar-refractivity contribution in [2.24, 2.45) is 11.8 Å². The fraction of sp³-hybridized carbons (Fsp3) is 0.696. The van der Waals surface area contributed by atoms with Gasteiger partial charge in [0, 0.05) is 12.6 Å². The summed E-state index contributed by atoms with van der Waals surface area (Å²) < 4.78 is 15.7. The number of Topliss-reactive ketones (excluding diaryl/α,β-unsaturated/α-hetero) is 1. The SMILES string of the molecule is CC(C)C(C)CC[C@H](NC(=O)Oc1ccoc1)C(=O)NC1C(=O)COC1CN1CCCC1. The lowest BCUT2D eigenvalue weighted by atomic mass is 9.91. The average molecular weight is 450 g/mol. The summed E-state index contributed by atoms with van der Waals surface area (Å²) in [5.74, 6) is 0.531. The predicted molar refractivity (Wildman–Crippen MR) is 117 cm³/mol. The normalized spacial score (nSPS) is 23.3. The summed E-state index contributed by atoms with van der Waals surface area (Å²) in [5.41, 5.74) is 0. The second-order valence-corrected chi connectivity index (χ2v) is 9.15. The van der Waals surface area contributed by atoms with Crippen molar-refractivity contribution in [3.8, 4) is 5.75 Å². The molecular weight excluding hydrogens is 414 g/mol. The van der Waals surface area contributed by atoms with Crippen molar-refractivity contribution in [1.82, 2.24) is 15.5 Å². The van der Waals surface area contributed by atoms with Crippen LogP contribution in [0.25, 0.3) is 0 Å². The van der Waals surface area contributed by atoms with Crippen molar-refractivity contribution in [2.75, 3.05) is 26.2 Å². The fourth-order valence-electron chi connectivity index (χ4n) is 4.01. The van der Waals surface area contributed by atoms with Gasteiger partial charge in [-0.25, -0.2) is 4.79 Å². The molecule has 32 heavy (non-hydrogen) atoms. The highest BCUT2D eigenvalue weighted by Gasteiger charge is 2.39. The zero-order chi connectivity index (χ0) is 23.1. The van der Waals surface area contributed by atoms with Crippen molar-refractivity contribution < 1.29 is 28.3 Å². The lowest BCUT2D eigenvalue weighted by Gasteiger charge is -2.26. The highest BCUT2D eigenvalue weighted by atomic mass is 16.6. The van der Waals surface area contributed by atoms with Gasteiger partial charge in [-0.2, -0.15) is 0 Å². The van der Waals surface area contributed by atoms with E-state index >= 15 is 0 Å². The molecule has 9 nitrogen and oxygen atoms in total. The van der Waals surface area contributed by atoms with Gasteiger partial charge in [-0.1, -0.05) is 20.8 Å². The molecule has 3 rings (SSSR count). The van der Waals surface area contributed by atoms with Crippen molar-refractivity contribution in [3.63, 3.8) is 0 Å². The molecule has 2 saturated heterocycles. The summed E-state index contributed by atoms with van der Waals surface area (Å²) in [5, 5.41) is 5.49. The van der Waals surface area contributed by atoms with E-state index in [1.165, 1.54) is 18.6 Å². The van der Waals surface area contributed by atoms with E-state index in [0.29, 0.717) is 24.8 Å². The summed E-state index contributed by atoms with van der Waals surface area (Å²) >= 11 is 0. The maximum absolute atomic E-state index is 13.1. The number of hydrogen-bond donors (Lipinski definition) is 2. The number of likely N-dealkylation sites (tertiary alicyclic amines) is 1. The van der Waals surface area contributed by atoms with Crippen molar-refractivity contribution in [2.45, 2.75) is 64.6 Å². The quantitative estimate of drug-likeness (QED) is 0.564. The molecule has 0 spiro atoms. The Hall–Kier alpha value is -2.39. The van der Waals surface area contributed by atoms with Crippen molar-refractivity contribution in [3.05, 3.63) is 18.6 Å². The van der Waals surface area contributed by atoms with E-state index < -0.39 is 24.1 Å². The third-order valence-electron chi connectivity index (χ3n) is 6.46. The third kappa shape index (κ3) is 6.80. The molecule has 2 aliphatic rings. The number of carbonyl (C=O) groups excluding carboxylic acids is 3. The number of ketones is 1. The van der Waals surface area contributed by atoms with Gasteiger partial charge in [0.1, 0.15) is 25.0 Å². The highest BCUT2D eigenvalue weighted by Crippen LogP contribution is 2.19. The molecule has 1 aromatic heterocycles. The molecule has 9 heteroatoms. The van der Waals surface area contributed by atoms with Gasteiger partial charge in [-0.05, 0) is 50.6 Å². The molecule has 4 atom stereocenters. The largest absolute Gasteiger partial charge is 0.469 e. The van der Waals surface area contributed by atoms with Gasteiger partial charge >= 0.3 is 6.09 Å². The minimum absolute atomic E-state index is 0.00549. The summed E-state index contributed by atoms with van der Waals surface area (Å²) in [6.45, 7) is 8.92. The molecule has 178 valence electrons. The van der Waals surface area contributed by atoms with Crippen LogP contribution in [0.3, 0.4) is 0 Å². The first-order chi connectivity index (χ1) is 15.3. The maximum atomic E-state index is 13.1. The van der Waals surface area contributed by atoms with Gasteiger partial charge in [-0.15, -0.1) is 0 Å². The Labute approximate surface area is 189 Å². The topological polar surface area (TPSA) is 110 Å². The number of hydrogen-bond acceptors (Lipinski definition) is 7. The van der Waals surface area contributed by atoms with Crippen LogP contribution in [0.1, 0.15) is 46.5 Å². The van der Waals surface area contributed by atoms with E-state index in [1.807, 2.05) is 0 Å². The van der Waals surface area contributed by atoms with Crippen molar-refractivity contribution in [1.29, 1.82) is 0 Å². The van der Waals surface area contributed by atoms with Crippen LogP contribution in [0.4, 0.5) is 4.79 Å². The summed E-state index contributed by atoms with van der Waals surface area (Å²) in [7, 11) is 0. The van der Waals surface area contributed by atoms with Crippen LogP contribution in [0.2, 0.25) is 0 Å². The molecule has 2 N–H and O–H groups in total. The molecule has 0 radical (unpaired) electrons. The Balaban J connectivity index is 1.62. The van der Waals surface area contributed by atoms with Crippen LogP contribution in [0.15, 0.2) is 23.0 Å². The Kier molecular flexibility index (Phi) is 8.69. The number of rotatable bonds is 10. The van der Waals surface area contributed by atoms with Crippen LogP contribution < -0.4 is 15.4 Å². The summed E-state index contributed by atoms with van der Waals surface area (Å²) in [4.78, 5) is 40.2. The maximum Gasteiger partial charge on any atom is 0.413 e. The summed E-state index contributed by atoms with van der Waals surface area (Å²) in [6, 6.07) is -0.0243. The molecule has 0 saturated carbocycles. The minimum Gasteiger partial charge on any atom is -0.469 e. The lowest BCUT2D eigenvalue weighted by Crippen LogP contribution is -2.55. The fourth-order valence-corrected chi connectivity index (χ4v) is 4.01. The number of nitrogens with zero attached hydrogens (tertiary/aromatic N) is 1. The highest BCUT2D eigenvalue weighted by molar-refractivity contribution is 5.94. The first-order valence-corrected chi connectivity index (χ1v) is 11.5. The Morgan fingerprint density at radius 3 is 2.62 bits per heavy atom. The van der Waals surface area contributed by atoms with Crippen LogP contribution in [-0.4, -0.2) is 67.1 Å². The molecule has 3 unspecified atom stereocenters. The molecule has 0 bridgehead atoms. The van der Waals surface area contributed by atoms with E-state index in [1.54, 1.807) is 0 Å². The Morgan fingerprint density at radius 2 is 1.97 bits per heavy atom. The van der Waals surface area contributed by atoms with Gasteiger partial charge in [0.15, 0.2) is 11.5 Å². The molecule has 0 aliphatic carbocycles. The molecule has 1 aromatic rings. The van der Waals surface area contributed by atoms with Gasteiger partial charge in [0.05, 0.1) is 12.4 Å². The van der Waals surface area contributed by atoms with E-state index in [0.717, 1.165) is 32.4 Å². The molecule has 2 amide bonds. The van der Waals surface area contributed by atoms with Crippen LogP contribution in [0, 0.1) is 11.8 Å². The Morgan fingerprint density at radius 1 is 1.22 bits per heavy atom. The number of ether oxygens (including phenoxy) is 2. The number of furan rings is 1. The zero-order valence-electron chi connectivity index (χ0n) is 19.2. The standard InChI is InChI=1S/C23H35N3O6/c1-15(2)16(3)6-7-18(24-23(29)32-17-8-11-30-13-17)22(28)25-21-19(27)14-31-20(21)12-26-9-4-5-10-26/h8,11,13,15-16,18,20-21H,4-7,9-10,12,14H2,1-3H3,(H,24,29)(H,25,28)/t16?,18-,20?,21?/m0/s1. The van der Waals surface area contributed by atoms with Crippen molar-refractivity contribution >= 4 is 17.8 Å². The summed E-state index contributed by atoms with van der Waals surface area (Å²) in [6.07, 6.45) is 5.02. The number of carbonyl (C=O) groups is 3. The van der Waals surface area contributed by atoms with Gasteiger partial charge in [0.2, 0.25) is 5.91 Å². The lowest BCUT2D eigenvalue weighted by molar-refractivity contribution is -0.127. The van der Waals surface area contributed by atoms with E-state index in [4.69, 9.17) is 13.9 Å². The van der Waals surface area contributed by atoms with Crippen LogP contribution >= 0.6 is 0 Å². The van der Waals surface area contributed by atoms with Gasteiger partial charge < -0.3 is 29.4 Å². The first kappa shape index (κ1) is 24.3. The van der Waals surface area contributed by atoms with E-state index in [-0.39, 0.29) is 24.2 Å². The molecular formula is C23H35N3O6. The van der Waals surface area contributed by atoms with Gasteiger partial charge in [0.25, 0.3) is 0 Å². The Bertz CT molecular complexity index is 760. The molecule has 0 aromatic carbocycles. The third-order valence-corrected chi connectivity index (χ3v) is 6.46. The number of nitrogens with one attached hydrogen (secondary N) is 2. The second-order valence-electron chi connectivity index (χ2n) is 9.15. The molecule has 2 aliphatic heterocycles. The first-order valence-electron chi connectivity index (χ1n) is 11.5. The van der Waals surface area contributed by atoms with Crippen LogP contribution in [-0.2, 0) is 14.3 Å². The minimum atomic E-state index is -0.823. The smallest absolute Gasteiger partial charge is 0.413 e. The molecule has 3 heterocycles. The molecule has 2 fully saturated rings. The number of amides is 2. The van der Waals surface area contributed by atoms with Crippen LogP contribution in [0.5, 0.6) is 5.75 Å². The zero-order valence-corrected chi connectivity index (χ0v) is 19.2. The average Bonchev–Trinajstić information content (AvgIpc) is 3.51. The van der Waals surface area contributed by atoms with E-state index in [9.17, 15) is 14.4 Å². The van der Waals surface area contributed by atoms with Gasteiger partial charge in [-0.3, -0.25) is 9.59 Å². The monoisotopic (exact) mass is 449 g/mol. The predicted octanol–water partition coefficient (Wildman–Crippen LogP) is 2.36.